The fraction of sp³-hybridized carbons (Fsp3) is 0.304. The molecule has 1 aromatic carbocycles. The Morgan fingerprint density at radius 1 is 1.22 bits per heavy atom. The Balaban J connectivity index is 1.69. The van der Waals surface area contributed by atoms with Crippen LogP contribution in [0.5, 0.6) is 0 Å². The van der Waals surface area contributed by atoms with E-state index in [9.17, 15) is 27.6 Å². The van der Waals surface area contributed by atoms with Crippen molar-refractivity contribution in [2.24, 2.45) is 0 Å². The maximum atomic E-state index is 13.6. The van der Waals surface area contributed by atoms with Gasteiger partial charge in [-0.25, -0.2) is 0 Å². The zero-order valence-corrected chi connectivity index (χ0v) is 20.5. The van der Waals surface area contributed by atoms with Crippen LogP contribution in [0.3, 0.4) is 0 Å². The largest absolute Gasteiger partial charge is 0.417 e. The third-order valence-electron chi connectivity index (χ3n) is 5.75. The lowest BCUT2D eigenvalue weighted by Gasteiger charge is -2.33. The summed E-state index contributed by atoms with van der Waals surface area (Å²) in [5.41, 5.74) is -1.25. The number of aromatic nitrogens is 3. The standard InChI is InChI=1S/C23H20Cl2F3N5O3/c1-11(2)33-19-17(31-20(34)14-4-3-13(24)8-15(14)23(26,27)28)5-6-32(18(19)10-30-33)22(36)12-7-16(25)21(35)29-9-12/h3-4,7-11,17H,5-6H2,1-2H3,(H,29,35)(H,31,34). The highest BCUT2D eigenvalue weighted by atomic mass is 35.5. The minimum atomic E-state index is -4.78. The highest BCUT2D eigenvalue weighted by molar-refractivity contribution is 6.31. The predicted molar refractivity (Wildman–Crippen MR) is 128 cm³/mol. The summed E-state index contributed by atoms with van der Waals surface area (Å²) in [7, 11) is 0. The number of hydrogen-bond donors (Lipinski definition) is 2. The van der Waals surface area contributed by atoms with Gasteiger partial charge in [0, 0.05) is 23.8 Å². The van der Waals surface area contributed by atoms with Crippen LogP contribution in [0.15, 0.2) is 41.5 Å². The van der Waals surface area contributed by atoms with E-state index in [4.69, 9.17) is 23.2 Å². The Kier molecular flexibility index (Phi) is 6.89. The van der Waals surface area contributed by atoms with E-state index in [2.05, 4.69) is 15.4 Å². The second kappa shape index (κ2) is 9.62. The van der Waals surface area contributed by atoms with Crippen molar-refractivity contribution in [3.05, 3.63) is 79.4 Å². The van der Waals surface area contributed by atoms with E-state index >= 15 is 0 Å². The Morgan fingerprint density at radius 3 is 2.58 bits per heavy atom. The zero-order valence-electron chi connectivity index (χ0n) is 19.0. The number of hydrogen-bond acceptors (Lipinski definition) is 4. The molecule has 2 amide bonds. The minimum absolute atomic E-state index is 0.129. The van der Waals surface area contributed by atoms with Gasteiger partial charge in [0.05, 0.1) is 40.3 Å². The van der Waals surface area contributed by atoms with E-state index in [0.29, 0.717) is 17.4 Å². The Hall–Kier alpha value is -3.31. The van der Waals surface area contributed by atoms with Crippen LogP contribution in [0.4, 0.5) is 18.9 Å². The first-order valence-electron chi connectivity index (χ1n) is 10.8. The van der Waals surface area contributed by atoms with Gasteiger partial charge in [-0.1, -0.05) is 23.2 Å². The van der Waals surface area contributed by atoms with Gasteiger partial charge in [-0.3, -0.25) is 19.1 Å². The molecule has 2 aromatic heterocycles. The minimum Gasteiger partial charge on any atom is -0.344 e. The molecule has 2 N–H and O–H groups in total. The molecule has 0 aliphatic carbocycles. The van der Waals surface area contributed by atoms with Crippen molar-refractivity contribution in [2.75, 3.05) is 11.4 Å². The van der Waals surface area contributed by atoms with E-state index in [1.165, 1.54) is 29.4 Å². The molecule has 8 nitrogen and oxygen atoms in total. The maximum absolute atomic E-state index is 13.6. The predicted octanol–water partition coefficient (Wildman–Crippen LogP) is 5.00. The van der Waals surface area contributed by atoms with Crippen LogP contribution in [0.1, 0.15) is 64.3 Å². The smallest absolute Gasteiger partial charge is 0.344 e. The van der Waals surface area contributed by atoms with Crippen LogP contribution in [0.25, 0.3) is 0 Å². The molecule has 0 spiro atoms. The molecular formula is C23H20Cl2F3N5O3. The molecule has 1 atom stereocenters. The van der Waals surface area contributed by atoms with Gasteiger partial charge < -0.3 is 15.2 Å². The average Bonchev–Trinajstić information content (AvgIpc) is 3.26. The Labute approximate surface area is 213 Å². The van der Waals surface area contributed by atoms with Crippen molar-refractivity contribution in [3.63, 3.8) is 0 Å². The molecule has 3 aromatic rings. The maximum Gasteiger partial charge on any atom is 0.417 e. The number of pyridine rings is 1. The Morgan fingerprint density at radius 2 is 1.94 bits per heavy atom. The molecule has 0 radical (unpaired) electrons. The first kappa shape index (κ1) is 25.8. The van der Waals surface area contributed by atoms with Gasteiger partial charge in [0.25, 0.3) is 17.4 Å². The number of fused-ring (bicyclic) bond motifs is 1. The molecule has 1 unspecified atom stereocenters. The Bertz CT molecular complexity index is 1400. The van der Waals surface area contributed by atoms with Gasteiger partial charge in [-0.15, -0.1) is 0 Å². The topological polar surface area (TPSA) is 100 Å². The van der Waals surface area contributed by atoms with Crippen LogP contribution < -0.4 is 15.8 Å². The van der Waals surface area contributed by atoms with E-state index < -0.39 is 40.7 Å². The van der Waals surface area contributed by atoms with Gasteiger partial charge >= 0.3 is 6.18 Å². The van der Waals surface area contributed by atoms with E-state index in [1.54, 1.807) is 4.68 Å². The highest BCUT2D eigenvalue weighted by Crippen LogP contribution is 2.38. The lowest BCUT2D eigenvalue weighted by Crippen LogP contribution is -2.42. The normalized spacial score (nSPS) is 15.7. The fourth-order valence-electron chi connectivity index (χ4n) is 4.11. The van der Waals surface area contributed by atoms with Crippen LogP contribution in [0.2, 0.25) is 10.0 Å². The number of nitrogens with zero attached hydrogens (tertiary/aromatic N) is 3. The summed E-state index contributed by atoms with van der Waals surface area (Å²) in [6.45, 7) is 3.81. The molecular weight excluding hydrogens is 522 g/mol. The van der Waals surface area contributed by atoms with E-state index in [-0.39, 0.29) is 34.6 Å². The summed E-state index contributed by atoms with van der Waals surface area (Å²) in [6, 6.07) is 3.30. The molecule has 13 heteroatoms. The monoisotopic (exact) mass is 541 g/mol. The van der Waals surface area contributed by atoms with Crippen molar-refractivity contribution in [2.45, 2.75) is 38.5 Å². The van der Waals surface area contributed by atoms with Crippen LogP contribution in [-0.4, -0.2) is 33.1 Å². The molecule has 1 aliphatic heterocycles. The summed E-state index contributed by atoms with van der Waals surface area (Å²) in [5, 5.41) is 6.72. The number of carbonyl (C=O) groups excluding carboxylic acids is 2. The second-order valence-corrected chi connectivity index (χ2v) is 9.32. The van der Waals surface area contributed by atoms with Crippen molar-refractivity contribution < 1.29 is 22.8 Å². The summed E-state index contributed by atoms with van der Waals surface area (Å²) < 4.78 is 42.3. The number of amides is 2. The van der Waals surface area contributed by atoms with Crippen molar-refractivity contribution in [1.82, 2.24) is 20.1 Å². The molecule has 0 saturated carbocycles. The van der Waals surface area contributed by atoms with Crippen molar-refractivity contribution in [1.29, 1.82) is 0 Å². The van der Waals surface area contributed by atoms with Gasteiger partial charge in [0.2, 0.25) is 0 Å². The molecule has 0 bridgehead atoms. The third kappa shape index (κ3) is 4.85. The third-order valence-corrected chi connectivity index (χ3v) is 6.27. The first-order chi connectivity index (χ1) is 16.9. The quantitative estimate of drug-likeness (QED) is 0.485. The van der Waals surface area contributed by atoms with Gasteiger partial charge in [0.1, 0.15) is 5.02 Å². The molecule has 4 rings (SSSR count). The molecule has 0 fully saturated rings. The number of carbonyl (C=O) groups is 2. The average molecular weight is 542 g/mol. The first-order valence-corrected chi connectivity index (χ1v) is 11.6. The number of rotatable bonds is 4. The van der Waals surface area contributed by atoms with E-state index in [0.717, 1.165) is 6.07 Å². The van der Waals surface area contributed by atoms with Crippen molar-refractivity contribution in [3.8, 4) is 0 Å². The van der Waals surface area contributed by atoms with Gasteiger partial charge in [-0.2, -0.15) is 18.3 Å². The fourth-order valence-corrected chi connectivity index (χ4v) is 4.45. The highest BCUT2D eigenvalue weighted by Gasteiger charge is 2.38. The van der Waals surface area contributed by atoms with Gasteiger partial charge in [0.15, 0.2) is 0 Å². The van der Waals surface area contributed by atoms with Crippen LogP contribution in [-0.2, 0) is 6.18 Å². The zero-order chi connectivity index (χ0) is 26.4. The lowest BCUT2D eigenvalue weighted by atomic mass is 10.00. The number of nitrogens with one attached hydrogen (secondary N) is 2. The summed E-state index contributed by atoms with van der Waals surface area (Å²) in [4.78, 5) is 41.6. The molecule has 3 heterocycles. The number of alkyl halides is 3. The summed E-state index contributed by atoms with van der Waals surface area (Å²) in [6.07, 6.45) is -1.87. The number of anilines is 1. The summed E-state index contributed by atoms with van der Waals surface area (Å²) >= 11 is 11.6. The van der Waals surface area contributed by atoms with Crippen LogP contribution >= 0.6 is 23.2 Å². The number of benzene rings is 1. The van der Waals surface area contributed by atoms with Crippen LogP contribution in [0, 0.1) is 0 Å². The lowest BCUT2D eigenvalue weighted by molar-refractivity contribution is -0.137. The molecule has 190 valence electrons. The molecule has 36 heavy (non-hydrogen) atoms. The summed E-state index contributed by atoms with van der Waals surface area (Å²) in [5.74, 6) is -1.39. The van der Waals surface area contributed by atoms with Gasteiger partial charge in [-0.05, 0) is 44.5 Å². The van der Waals surface area contributed by atoms with Crippen molar-refractivity contribution >= 4 is 40.7 Å². The second-order valence-electron chi connectivity index (χ2n) is 8.48. The number of aromatic amines is 1. The molecule has 0 saturated heterocycles. The van der Waals surface area contributed by atoms with E-state index in [1.807, 2.05) is 13.8 Å². The number of halogens is 5. The molecule has 1 aliphatic rings. The SMILES string of the molecule is CC(C)n1ncc2c1C(NC(=O)c1ccc(Cl)cc1C(F)(F)F)CCN2C(=O)c1c[nH]c(=O)c(Cl)c1. The number of H-pyrrole nitrogens is 1.